The van der Waals surface area contributed by atoms with Crippen LogP contribution in [0.2, 0.25) is 0 Å². The molecule has 142 valence electrons. The van der Waals surface area contributed by atoms with Crippen molar-refractivity contribution in [3.63, 3.8) is 0 Å². The predicted molar refractivity (Wildman–Crippen MR) is 89.6 cm³/mol. The number of carbonyl (C=O) groups excluding carboxylic acids is 1. The number of aromatic nitrogens is 3. The van der Waals surface area contributed by atoms with Gasteiger partial charge in [0.05, 0.1) is 17.0 Å². The fourth-order valence-electron chi connectivity index (χ4n) is 2.53. The van der Waals surface area contributed by atoms with E-state index in [1.54, 1.807) is 13.8 Å². The summed E-state index contributed by atoms with van der Waals surface area (Å²) in [7, 11) is 0. The Balaban J connectivity index is 1.80. The number of rotatable bonds is 4. The second-order valence-electron chi connectivity index (χ2n) is 5.93. The number of aliphatic hydroxyl groups is 2. The molecular weight excluding hydrogens is 368 g/mol. The molecule has 0 aromatic carbocycles. The monoisotopic (exact) mass is 386 g/mol. The Hall–Kier alpha value is -2.28. The van der Waals surface area contributed by atoms with Crippen LogP contribution in [0.3, 0.4) is 0 Å². The fraction of sp³-hybridized carbons (Fsp3) is 0.571. The molecule has 12 heteroatoms. The summed E-state index contributed by atoms with van der Waals surface area (Å²) < 4.78 is 16.8. The molecule has 26 heavy (non-hydrogen) atoms. The third kappa shape index (κ3) is 3.49. The van der Waals surface area contributed by atoms with Crippen LogP contribution in [0.5, 0.6) is 0 Å². The Morgan fingerprint density at radius 2 is 2.19 bits per heavy atom. The molecule has 0 spiro atoms. The van der Waals surface area contributed by atoms with Crippen molar-refractivity contribution in [2.75, 3.05) is 12.3 Å². The lowest BCUT2D eigenvalue weighted by molar-refractivity contribution is -0.0640. The lowest BCUT2D eigenvalue weighted by Crippen LogP contribution is -2.35. The summed E-state index contributed by atoms with van der Waals surface area (Å²) in [6.45, 7) is 2.96. The maximum atomic E-state index is 12.3. The highest BCUT2D eigenvalue weighted by Gasteiger charge is 2.45. The van der Waals surface area contributed by atoms with Crippen LogP contribution in [0.1, 0.15) is 20.1 Å². The summed E-state index contributed by atoms with van der Waals surface area (Å²) in [6.07, 6.45) is -4.97. The lowest BCUT2D eigenvalue weighted by atomic mass is 10.1. The van der Waals surface area contributed by atoms with Gasteiger partial charge in [0.2, 0.25) is 5.95 Å². The number of nitrogens with zero attached hydrogens (tertiary/aromatic N) is 3. The topological polar surface area (TPSA) is 159 Å². The molecule has 3 heterocycles. The van der Waals surface area contributed by atoms with Gasteiger partial charge in [-0.3, -0.25) is 9.36 Å². The molecule has 0 radical (unpaired) electrons. The maximum Gasteiger partial charge on any atom is 0.508 e. The zero-order valence-corrected chi connectivity index (χ0v) is 14.8. The molecule has 2 aromatic rings. The molecule has 4 N–H and O–H groups in total. The minimum Gasteiger partial charge on any atom is -0.432 e. The molecule has 11 nitrogen and oxygen atoms in total. The molecule has 0 bridgehead atoms. The van der Waals surface area contributed by atoms with Gasteiger partial charge < -0.3 is 30.2 Å². The summed E-state index contributed by atoms with van der Waals surface area (Å²) in [5.41, 5.74) is 5.74. The summed E-state index contributed by atoms with van der Waals surface area (Å²) in [6, 6.07) is 0. The molecule has 1 saturated heterocycles. The second-order valence-corrected chi connectivity index (χ2v) is 6.92. The Morgan fingerprint density at radius 1 is 1.46 bits per heavy atom. The van der Waals surface area contributed by atoms with Crippen LogP contribution in [-0.4, -0.2) is 61.9 Å². The van der Waals surface area contributed by atoms with Gasteiger partial charge in [0.25, 0.3) is 0 Å². The van der Waals surface area contributed by atoms with Gasteiger partial charge in [-0.2, -0.15) is 4.98 Å². The predicted octanol–water partition coefficient (Wildman–Crippen LogP) is -0.384. The summed E-state index contributed by atoms with van der Waals surface area (Å²) in [4.78, 5) is 31.1. The first-order valence-electron chi connectivity index (χ1n) is 7.76. The SMILES string of the molecule is CC(C)OC(=O)OC[C@H]1O[C@@H](n2c(=O)sc3cnc(N)nc32)[C@H](O)[C@H]1O. The van der Waals surface area contributed by atoms with E-state index >= 15 is 0 Å². The highest BCUT2D eigenvalue weighted by atomic mass is 32.1. The number of nitrogen functional groups attached to an aromatic ring is 1. The second kappa shape index (κ2) is 7.15. The van der Waals surface area contributed by atoms with Crippen molar-refractivity contribution >= 4 is 33.8 Å². The average Bonchev–Trinajstić information content (AvgIpc) is 3.02. The van der Waals surface area contributed by atoms with E-state index in [1.165, 1.54) is 6.20 Å². The minimum absolute atomic E-state index is 0.0478. The standard InChI is InChI=1S/C14H18N4O7S/c1-5(2)24-14(22)23-4-6-8(19)9(20)11(25-6)18-10-7(26-13(18)21)3-16-12(15)17-10/h3,5-6,8-9,11,19-20H,4H2,1-2H3,(H2,15,16,17)/t6-,8+,9-,11-/m1/s1. The average molecular weight is 386 g/mol. The smallest absolute Gasteiger partial charge is 0.432 e. The first-order valence-corrected chi connectivity index (χ1v) is 8.58. The van der Waals surface area contributed by atoms with E-state index < -0.39 is 35.6 Å². The molecule has 0 aliphatic carbocycles. The van der Waals surface area contributed by atoms with Gasteiger partial charge in [-0.15, -0.1) is 0 Å². The van der Waals surface area contributed by atoms with E-state index in [0.29, 0.717) is 4.70 Å². The van der Waals surface area contributed by atoms with Gasteiger partial charge in [0.15, 0.2) is 11.9 Å². The Kier molecular flexibility index (Phi) is 5.09. The highest BCUT2D eigenvalue weighted by Crippen LogP contribution is 2.31. The van der Waals surface area contributed by atoms with Crippen molar-refractivity contribution in [2.45, 2.75) is 44.5 Å². The minimum atomic E-state index is -1.43. The van der Waals surface area contributed by atoms with Crippen LogP contribution in [0, 0.1) is 0 Å². The Bertz CT molecular complexity index is 867. The van der Waals surface area contributed by atoms with Crippen LogP contribution >= 0.6 is 11.3 Å². The molecule has 0 unspecified atom stereocenters. The molecule has 1 aliphatic rings. The summed E-state index contributed by atoms with van der Waals surface area (Å²) >= 11 is 0.853. The van der Waals surface area contributed by atoms with Crippen molar-refractivity contribution in [3.05, 3.63) is 15.9 Å². The third-order valence-corrected chi connectivity index (χ3v) is 4.55. The summed E-state index contributed by atoms with van der Waals surface area (Å²) in [5.74, 6) is -0.0478. The number of fused-ring (bicyclic) bond motifs is 1. The van der Waals surface area contributed by atoms with Crippen LogP contribution in [0.25, 0.3) is 10.3 Å². The van der Waals surface area contributed by atoms with Crippen LogP contribution < -0.4 is 10.6 Å². The third-order valence-electron chi connectivity index (χ3n) is 3.67. The van der Waals surface area contributed by atoms with Crippen molar-refractivity contribution in [1.82, 2.24) is 14.5 Å². The molecule has 3 rings (SSSR count). The molecule has 1 aliphatic heterocycles. The maximum absolute atomic E-state index is 12.3. The number of nitrogens with two attached hydrogens (primary N) is 1. The first-order chi connectivity index (χ1) is 12.3. The van der Waals surface area contributed by atoms with Crippen LogP contribution in [0.15, 0.2) is 11.0 Å². The van der Waals surface area contributed by atoms with Gasteiger partial charge >= 0.3 is 11.0 Å². The molecule has 1 fully saturated rings. The van der Waals surface area contributed by atoms with Gasteiger partial charge in [-0.1, -0.05) is 11.3 Å². The number of thiazole rings is 1. The first kappa shape index (κ1) is 18.5. The molecule has 0 amide bonds. The Morgan fingerprint density at radius 3 is 2.88 bits per heavy atom. The molecule has 2 aromatic heterocycles. The van der Waals surface area contributed by atoms with E-state index in [0.717, 1.165) is 15.9 Å². The van der Waals surface area contributed by atoms with Crippen molar-refractivity contribution in [1.29, 1.82) is 0 Å². The zero-order valence-electron chi connectivity index (χ0n) is 13.9. The zero-order chi connectivity index (χ0) is 19.0. The van der Waals surface area contributed by atoms with E-state index in [1.807, 2.05) is 0 Å². The van der Waals surface area contributed by atoms with Crippen LogP contribution in [-0.2, 0) is 14.2 Å². The fourth-order valence-corrected chi connectivity index (χ4v) is 3.35. The van der Waals surface area contributed by atoms with E-state index in [9.17, 15) is 19.8 Å². The van der Waals surface area contributed by atoms with Gasteiger partial charge in [0, 0.05) is 0 Å². The normalized spacial score (nSPS) is 25.7. The van der Waals surface area contributed by atoms with E-state index in [4.69, 9.17) is 19.9 Å². The number of ether oxygens (including phenoxy) is 3. The number of hydrogen-bond donors (Lipinski definition) is 3. The Labute approximate surface area is 150 Å². The number of aliphatic hydroxyl groups excluding tert-OH is 2. The van der Waals surface area contributed by atoms with Gasteiger partial charge in [-0.05, 0) is 13.8 Å². The van der Waals surface area contributed by atoms with Gasteiger partial charge in [0.1, 0.15) is 24.9 Å². The quantitative estimate of drug-likeness (QED) is 0.591. The molecule has 4 atom stereocenters. The molecule has 0 saturated carbocycles. The van der Waals surface area contributed by atoms with Crippen molar-refractivity contribution in [3.8, 4) is 0 Å². The lowest BCUT2D eigenvalue weighted by Gasteiger charge is -2.16. The van der Waals surface area contributed by atoms with Crippen molar-refractivity contribution < 1.29 is 29.2 Å². The summed E-state index contributed by atoms with van der Waals surface area (Å²) in [5, 5.41) is 20.4. The largest absolute Gasteiger partial charge is 0.508 e. The van der Waals surface area contributed by atoms with E-state index in [2.05, 4.69) is 9.97 Å². The van der Waals surface area contributed by atoms with E-state index in [-0.39, 0.29) is 24.3 Å². The molecular formula is C14H18N4O7S. The highest BCUT2D eigenvalue weighted by molar-refractivity contribution is 7.16. The van der Waals surface area contributed by atoms with Crippen molar-refractivity contribution in [2.24, 2.45) is 0 Å². The number of anilines is 1. The number of hydrogen-bond acceptors (Lipinski definition) is 11. The van der Waals surface area contributed by atoms with Crippen LogP contribution in [0.4, 0.5) is 10.7 Å². The van der Waals surface area contributed by atoms with Gasteiger partial charge in [-0.25, -0.2) is 9.78 Å². The number of carbonyl (C=O) groups is 1.